The fourth-order valence-corrected chi connectivity index (χ4v) is 2.84. The van der Waals surface area contributed by atoms with Crippen molar-refractivity contribution in [3.05, 3.63) is 58.9 Å². The van der Waals surface area contributed by atoms with E-state index in [1.165, 1.54) is 23.3 Å². The zero-order chi connectivity index (χ0) is 18.0. The highest BCUT2D eigenvalue weighted by atomic mass is 19.1. The van der Waals surface area contributed by atoms with Gasteiger partial charge < -0.3 is 14.8 Å². The largest absolute Gasteiger partial charge is 0.354 e. The van der Waals surface area contributed by atoms with E-state index in [0.29, 0.717) is 6.54 Å². The average Bonchev–Trinajstić information content (AvgIpc) is 2.87. The van der Waals surface area contributed by atoms with E-state index in [-0.39, 0.29) is 5.82 Å². The standard InChI is InChI=1S/C20H25FN4/c1-14-11-18-19(12-15(14)2)25(13-16-5-7-17(21)8-6-16)20(23-18)22-9-10-24(3)4/h5-8,11-12H,9-10,13H2,1-4H3,(H,22,23). The molecule has 1 N–H and O–H groups in total. The molecule has 0 fully saturated rings. The van der Waals surface area contributed by atoms with Crippen LogP contribution >= 0.6 is 0 Å². The molecule has 0 saturated carbocycles. The smallest absolute Gasteiger partial charge is 0.204 e. The molecule has 0 bridgehead atoms. The fourth-order valence-electron chi connectivity index (χ4n) is 2.84. The summed E-state index contributed by atoms with van der Waals surface area (Å²) in [5.41, 5.74) is 5.61. The molecule has 0 radical (unpaired) electrons. The molecule has 1 heterocycles. The summed E-state index contributed by atoms with van der Waals surface area (Å²) in [5.74, 6) is 0.640. The quantitative estimate of drug-likeness (QED) is 0.741. The Balaban J connectivity index is 1.98. The van der Waals surface area contributed by atoms with Gasteiger partial charge in [0.2, 0.25) is 5.95 Å². The molecule has 0 atom stereocenters. The molecule has 4 nitrogen and oxygen atoms in total. The van der Waals surface area contributed by atoms with Crippen LogP contribution in [0.5, 0.6) is 0 Å². The Morgan fingerprint density at radius 2 is 1.76 bits per heavy atom. The minimum absolute atomic E-state index is 0.213. The molecule has 0 saturated heterocycles. The molecule has 1 aromatic heterocycles. The van der Waals surface area contributed by atoms with Crippen molar-refractivity contribution >= 4 is 17.0 Å². The first kappa shape index (κ1) is 17.4. The Labute approximate surface area is 148 Å². The van der Waals surface area contributed by atoms with E-state index in [9.17, 15) is 4.39 Å². The summed E-state index contributed by atoms with van der Waals surface area (Å²) in [7, 11) is 4.10. The summed E-state index contributed by atoms with van der Waals surface area (Å²) < 4.78 is 15.4. The maximum absolute atomic E-state index is 13.2. The molecule has 0 aliphatic rings. The molecule has 3 rings (SSSR count). The minimum Gasteiger partial charge on any atom is -0.354 e. The van der Waals surface area contributed by atoms with Gasteiger partial charge in [-0.2, -0.15) is 0 Å². The number of nitrogens with zero attached hydrogens (tertiary/aromatic N) is 3. The summed E-state index contributed by atoms with van der Waals surface area (Å²) in [6, 6.07) is 11.0. The van der Waals surface area contributed by atoms with Crippen molar-refractivity contribution < 1.29 is 4.39 Å². The van der Waals surface area contributed by atoms with Gasteiger partial charge in [-0.25, -0.2) is 9.37 Å². The van der Waals surface area contributed by atoms with Crippen LogP contribution in [0.25, 0.3) is 11.0 Å². The van der Waals surface area contributed by atoms with Gasteiger partial charge in [0.05, 0.1) is 17.6 Å². The van der Waals surface area contributed by atoms with Crippen LogP contribution < -0.4 is 5.32 Å². The predicted molar refractivity (Wildman–Crippen MR) is 102 cm³/mol. The van der Waals surface area contributed by atoms with Crippen LogP contribution in [0.2, 0.25) is 0 Å². The maximum Gasteiger partial charge on any atom is 0.204 e. The lowest BCUT2D eigenvalue weighted by Gasteiger charge is -2.13. The number of hydrogen-bond donors (Lipinski definition) is 1. The first-order chi connectivity index (χ1) is 11.9. The molecule has 3 aromatic rings. The van der Waals surface area contributed by atoms with Crippen LogP contribution in [0.3, 0.4) is 0 Å². The van der Waals surface area contributed by atoms with E-state index < -0.39 is 0 Å². The summed E-state index contributed by atoms with van der Waals surface area (Å²) in [4.78, 5) is 6.92. The summed E-state index contributed by atoms with van der Waals surface area (Å²) >= 11 is 0. The van der Waals surface area contributed by atoms with E-state index in [1.807, 2.05) is 12.1 Å². The second-order valence-electron chi connectivity index (χ2n) is 6.80. The highest BCUT2D eigenvalue weighted by molar-refractivity contribution is 5.80. The van der Waals surface area contributed by atoms with Gasteiger partial charge in [0.1, 0.15) is 5.82 Å². The Bertz CT molecular complexity index is 866. The Morgan fingerprint density at radius 3 is 2.44 bits per heavy atom. The van der Waals surface area contributed by atoms with E-state index in [0.717, 1.165) is 35.6 Å². The summed E-state index contributed by atoms with van der Waals surface area (Å²) in [6.07, 6.45) is 0. The summed E-state index contributed by atoms with van der Waals surface area (Å²) in [6.45, 7) is 6.62. The predicted octanol–water partition coefficient (Wildman–Crippen LogP) is 3.81. The van der Waals surface area contributed by atoms with Crippen LogP contribution in [-0.4, -0.2) is 41.6 Å². The normalized spacial score (nSPS) is 11.4. The number of halogens is 1. The zero-order valence-electron chi connectivity index (χ0n) is 15.3. The Kier molecular flexibility index (Phi) is 5.04. The number of benzene rings is 2. The van der Waals surface area contributed by atoms with E-state index in [1.54, 1.807) is 0 Å². The molecule has 0 unspecified atom stereocenters. The lowest BCUT2D eigenvalue weighted by Crippen LogP contribution is -2.22. The molecule has 5 heteroatoms. The third-order valence-electron chi connectivity index (χ3n) is 4.46. The third kappa shape index (κ3) is 3.99. The zero-order valence-corrected chi connectivity index (χ0v) is 15.3. The van der Waals surface area contributed by atoms with E-state index >= 15 is 0 Å². The number of imidazole rings is 1. The number of aromatic nitrogens is 2. The maximum atomic E-state index is 13.2. The Morgan fingerprint density at radius 1 is 1.08 bits per heavy atom. The lowest BCUT2D eigenvalue weighted by molar-refractivity contribution is 0.424. The summed E-state index contributed by atoms with van der Waals surface area (Å²) in [5, 5.41) is 3.44. The molecular weight excluding hydrogens is 315 g/mol. The van der Waals surface area contributed by atoms with Crippen molar-refractivity contribution in [2.24, 2.45) is 0 Å². The first-order valence-corrected chi connectivity index (χ1v) is 8.54. The minimum atomic E-state index is -0.213. The number of hydrogen-bond acceptors (Lipinski definition) is 3. The van der Waals surface area contributed by atoms with Gasteiger partial charge in [-0.15, -0.1) is 0 Å². The molecule has 0 spiro atoms. The van der Waals surface area contributed by atoms with Gasteiger partial charge in [0.25, 0.3) is 0 Å². The molecule has 0 amide bonds. The topological polar surface area (TPSA) is 33.1 Å². The van der Waals surface area contributed by atoms with Crippen LogP contribution in [0.1, 0.15) is 16.7 Å². The van der Waals surface area contributed by atoms with Gasteiger partial charge >= 0.3 is 0 Å². The molecule has 0 aliphatic carbocycles. The Hall–Kier alpha value is -2.40. The second-order valence-corrected chi connectivity index (χ2v) is 6.80. The highest BCUT2D eigenvalue weighted by Crippen LogP contribution is 2.24. The van der Waals surface area contributed by atoms with Gasteiger partial charge in [-0.1, -0.05) is 12.1 Å². The number of rotatable bonds is 6. The average molecular weight is 340 g/mol. The number of fused-ring (bicyclic) bond motifs is 1. The molecule has 0 aliphatic heterocycles. The lowest BCUT2D eigenvalue weighted by atomic mass is 10.1. The number of anilines is 1. The van der Waals surface area contributed by atoms with Crippen molar-refractivity contribution in [2.45, 2.75) is 20.4 Å². The van der Waals surface area contributed by atoms with Crippen molar-refractivity contribution in [2.75, 3.05) is 32.5 Å². The highest BCUT2D eigenvalue weighted by Gasteiger charge is 2.12. The molecule has 2 aromatic carbocycles. The number of aryl methyl sites for hydroxylation is 2. The van der Waals surface area contributed by atoms with Crippen LogP contribution in [0.15, 0.2) is 36.4 Å². The first-order valence-electron chi connectivity index (χ1n) is 8.54. The monoisotopic (exact) mass is 340 g/mol. The third-order valence-corrected chi connectivity index (χ3v) is 4.46. The molecule has 132 valence electrons. The van der Waals surface area contributed by atoms with Crippen molar-refractivity contribution in [3.63, 3.8) is 0 Å². The van der Waals surface area contributed by atoms with Gasteiger partial charge in [0, 0.05) is 13.1 Å². The van der Waals surface area contributed by atoms with Gasteiger partial charge in [-0.05, 0) is 68.9 Å². The van der Waals surface area contributed by atoms with Crippen molar-refractivity contribution in [1.82, 2.24) is 14.5 Å². The number of likely N-dealkylation sites (N-methyl/N-ethyl adjacent to an activating group) is 1. The van der Waals surface area contributed by atoms with Crippen LogP contribution in [-0.2, 0) is 6.54 Å². The van der Waals surface area contributed by atoms with Crippen LogP contribution in [0, 0.1) is 19.7 Å². The SMILES string of the molecule is Cc1cc2nc(NCCN(C)C)n(Cc3ccc(F)cc3)c2cc1C. The molecule has 25 heavy (non-hydrogen) atoms. The molecular formula is C20H25FN4. The van der Waals surface area contributed by atoms with Crippen molar-refractivity contribution in [1.29, 1.82) is 0 Å². The number of nitrogens with one attached hydrogen (secondary N) is 1. The van der Waals surface area contributed by atoms with E-state index in [2.05, 4.69) is 54.9 Å². The van der Waals surface area contributed by atoms with Crippen LogP contribution in [0.4, 0.5) is 10.3 Å². The fraction of sp³-hybridized carbons (Fsp3) is 0.350. The second kappa shape index (κ2) is 7.23. The van der Waals surface area contributed by atoms with Gasteiger partial charge in [-0.3, -0.25) is 0 Å². The van der Waals surface area contributed by atoms with Gasteiger partial charge in [0.15, 0.2) is 0 Å². The van der Waals surface area contributed by atoms with Crippen molar-refractivity contribution in [3.8, 4) is 0 Å². The van der Waals surface area contributed by atoms with E-state index in [4.69, 9.17) is 4.98 Å².